The summed E-state index contributed by atoms with van der Waals surface area (Å²) < 4.78 is 0. The predicted octanol–water partition coefficient (Wildman–Crippen LogP) is 2.15. The first-order valence-electron chi connectivity index (χ1n) is 5.56. The Morgan fingerprint density at radius 1 is 1.33 bits per heavy atom. The second-order valence-electron chi connectivity index (χ2n) is 3.85. The van der Waals surface area contributed by atoms with E-state index in [9.17, 15) is 4.79 Å². The fraction of sp³-hybridized carbons (Fsp3) is 0.0714. The molecule has 1 N–H and O–H groups in total. The molecule has 0 fully saturated rings. The van der Waals surface area contributed by atoms with Gasteiger partial charge < -0.3 is 0 Å². The number of pyridine rings is 1. The summed E-state index contributed by atoms with van der Waals surface area (Å²) in [5.41, 5.74) is 5.04. The topological polar surface area (TPSA) is 54.4 Å². The van der Waals surface area contributed by atoms with Gasteiger partial charge in [-0.25, -0.2) is 5.43 Å². The van der Waals surface area contributed by atoms with E-state index in [1.54, 1.807) is 24.5 Å². The molecule has 0 aliphatic heterocycles. The van der Waals surface area contributed by atoms with Crippen LogP contribution in [0.5, 0.6) is 0 Å². The van der Waals surface area contributed by atoms with Crippen molar-refractivity contribution in [3.8, 4) is 0 Å². The van der Waals surface area contributed by atoms with Gasteiger partial charge in [-0.15, -0.1) is 0 Å². The van der Waals surface area contributed by atoms with Crippen LogP contribution in [-0.2, 0) is 0 Å². The number of nitrogens with one attached hydrogen (secondary N) is 1. The van der Waals surface area contributed by atoms with Crippen LogP contribution in [0.15, 0.2) is 53.9 Å². The van der Waals surface area contributed by atoms with Crippen molar-refractivity contribution >= 4 is 12.1 Å². The second-order valence-corrected chi connectivity index (χ2v) is 3.85. The highest BCUT2D eigenvalue weighted by Crippen LogP contribution is 2.00. The van der Waals surface area contributed by atoms with Crippen molar-refractivity contribution in [1.29, 1.82) is 0 Å². The lowest BCUT2D eigenvalue weighted by Crippen LogP contribution is -2.17. The third-order valence-corrected chi connectivity index (χ3v) is 2.35. The first-order valence-corrected chi connectivity index (χ1v) is 5.56. The van der Waals surface area contributed by atoms with Gasteiger partial charge in [0.1, 0.15) is 0 Å². The molecule has 0 spiro atoms. The molecule has 0 aliphatic rings. The Bertz CT molecular complexity index is 564. The normalized spacial score (nSPS) is 10.5. The average molecular weight is 239 g/mol. The zero-order valence-corrected chi connectivity index (χ0v) is 10.00. The van der Waals surface area contributed by atoms with E-state index < -0.39 is 0 Å². The van der Waals surface area contributed by atoms with E-state index in [1.165, 1.54) is 6.20 Å². The van der Waals surface area contributed by atoms with E-state index in [4.69, 9.17) is 0 Å². The van der Waals surface area contributed by atoms with E-state index in [0.29, 0.717) is 5.56 Å². The molecule has 0 bridgehead atoms. The maximum atomic E-state index is 11.6. The molecular weight excluding hydrogens is 226 g/mol. The summed E-state index contributed by atoms with van der Waals surface area (Å²) >= 11 is 0. The third-order valence-electron chi connectivity index (χ3n) is 2.35. The molecule has 0 saturated carbocycles. The summed E-state index contributed by atoms with van der Waals surface area (Å²) in [6, 6.07) is 11.3. The Labute approximate surface area is 105 Å². The summed E-state index contributed by atoms with van der Waals surface area (Å²) in [5.74, 6) is -0.271. The van der Waals surface area contributed by atoms with Crippen LogP contribution in [0.4, 0.5) is 0 Å². The van der Waals surface area contributed by atoms with E-state index in [2.05, 4.69) is 15.5 Å². The highest BCUT2D eigenvalue weighted by Gasteiger charge is 2.02. The number of benzene rings is 1. The van der Waals surface area contributed by atoms with Crippen molar-refractivity contribution in [3.63, 3.8) is 0 Å². The number of hydrogen-bond donors (Lipinski definition) is 1. The summed E-state index contributed by atoms with van der Waals surface area (Å²) in [5, 5.41) is 3.91. The Morgan fingerprint density at radius 2 is 2.22 bits per heavy atom. The summed E-state index contributed by atoms with van der Waals surface area (Å²) in [6.07, 6.45) is 4.73. The maximum Gasteiger partial charge on any atom is 0.272 e. The van der Waals surface area contributed by atoms with Gasteiger partial charge in [0.05, 0.1) is 11.8 Å². The third kappa shape index (κ3) is 3.25. The molecular formula is C14H13N3O. The minimum Gasteiger partial charge on any atom is -0.267 e. The van der Waals surface area contributed by atoms with Gasteiger partial charge >= 0.3 is 0 Å². The van der Waals surface area contributed by atoms with E-state index in [1.807, 2.05) is 31.2 Å². The molecule has 0 saturated heterocycles. The van der Waals surface area contributed by atoms with Gasteiger partial charge in [0, 0.05) is 12.4 Å². The van der Waals surface area contributed by atoms with Gasteiger partial charge in [0.15, 0.2) is 0 Å². The zero-order valence-electron chi connectivity index (χ0n) is 10.00. The van der Waals surface area contributed by atoms with E-state index in [0.717, 1.165) is 11.1 Å². The average Bonchev–Trinajstić information content (AvgIpc) is 2.40. The fourth-order valence-electron chi connectivity index (χ4n) is 1.48. The fourth-order valence-corrected chi connectivity index (χ4v) is 1.48. The van der Waals surface area contributed by atoms with Crippen molar-refractivity contribution in [2.45, 2.75) is 6.92 Å². The van der Waals surface area contributed by atoms with Gasteiger partial charge in [-0.1, -0.05) is 29.8 Å². The van der Waals surface area contributed by atoms with Gasteiger partial charge in [0.2, 0.25) is 0 Å². The van der Waals surface area contributed by atoms with Gasteiger partial charge in [-0.3, -0.25) is 9.78 Å². The highest BCUT2D eigenvalue weighted by molar-refractivity contribution is 5.94. The van der Waals surface area contributed by atoms with Crippen molar-refractivity contribution in [3.05, 3.63) is 65.5 Å². The van der Waals surface area contributed by atoms with Crippen molar-refractivity contribution in [1.82, 2.24) is 10.4 Å². The predicted molar refractivity (Wildman–Crippen MR) is 70.5 cm³/mol. The number of rotatable bonds is 3. The molecule has 0 atom stereocenters. The molecule has 1 heterocycles. The highest BCUT2D eigenvalue weighted by atomic mass is 16.2. The van der Waals surface area contributed by atoms with Crippen LogP contribution in [0, 0.1) is 6.92 Å². The van der Waals surface area contributed by atoms with Crippen LogP contribution in [-0.4, -0.2) is 17.1 Å². The molecule has 90 valence electrons. The number of hydrazone groups is 1. The monoisotopic (exact) mass is 239 g/mol. The SMILES string of the molecule is Cc1cccc(/C=N\NC(=O)c2cccnc2)c1. The van der Waals surface area contributed by atoms with Crippen LogP contribution in [0.3, 0.4) is 0 Å². The summed E-state index contributed by atoms with van der Waals surface area (Å²) in [6.45, 7) is 2.01. The van der Waals surface area contributed by atoms with Crippen LogP contribution in [0.1, 0.15) is 21.5 Å². The molecule has 4 heteroatoms. The van der Waals surface area contributed by atoms with Crippen LogP contribution in [0.2, 0.25) is 0 Å². The Hall–Kier alpha value is -2.49. The molecule has 1 amide bonds. The number of carbonyl (C=O) groups excluding carboxylic acids is 1. The van der Waals surface area contributed by atoms with Crippen LogP contribution < -0.4 is 5.43 Å². The van der Waals surface area contributed by atoms with Crippen molar-refractivity contribution in [2.75, 3.05) is 0 Å². The quantitative estimate of drug-likeness (QED) is 0.659. The Morgan fingerprint density at radius 3 is 2.94 bits per heavy atom. The van der Waals surface area contributed by atoms with Crippen LogP contribution >= 0.6 is 0 Å². The number of nitrogens with zero attached hydrogens (tertiary/aromatic N) is 2. The number of amides is 1. The molecule has 0 unspecified atom stereocenters. The molecule has 2 aromatic rings. The molecule has 1 aromatic heterocycles. The second kappa shape index (κ2) is 5.72. The number of carbonyl (C=O) groups is 1. The maximum absolute atomic E-state index is 11.6. The zero-order chi connectivity index (χ0) is 12.8. The molecule has 18 heavy (non-hydrogen) atoms. The lowest BCUT2D eigenvalue weighted by molar-refractivity contribution is 0.0955. The molecule has 2 rings (SSSR count). The first-order chi connectivity index (χ1) is 8.75. The van der Waals surface area contributed by atoms with E-state index >= 15 is 0 Å². The number of hydrogen-bond acceptors (Lipinski definition) is 3. The minimum absolute atomic E-state index is 0.271. The molecule has 1 aromatic carbocycles. The Kier molecular flexibility index (Phi) is 3.81. The number of aromatic nitrogens is 1. The smallest absolute Gasteiger partial charge is 0.267 e. The lowest BCUT2D eigenvalue weighted by atomic mass is 10.2. The van der Waals surface area contributed by atoms with E-state index in [-0.39, 0.29) is 5.91 Å². The summed E-state index contributed by atoms with van der Waals surface area (Å²) in [7, 11) is 0. The molecule has 4 nitrogen and oxygen atoms in total. The number of aryl methyl sites for hydroxylation is 1. The Balaban J connectivity index is 1.98. The first kappa shape index (κ1) is 12.0. The molecule has 0 radical (unpaired) electrons. The molecule has 0 aliphatic carbocycles. The van der Waals surface area contributed by atoms with Crippen molar-refractivity contribution < 1.29 is 4.79 Å². The van der Waals surface area contributed by atoms with Crippen molar-refractivity contribution in [2.24, 2.45) is 5.10 Å². The lowest BCUT2D eigenvalue weighted by Gasteiger charge is -1.98. The van der Waals surface area contributed by atoms with Crippen LogP contribution in [0.25, 0.3) is 0 Å². The van der Waals surface area contributed by atoms with Gasteiger partial charge in [0.25, 0.3) is 5.91 Å². The minimum atomic E-state index is -0.271. The largest absolute Gasteiger partial charge is 0.272 e. The summed E-state index contributed by atoms with van der Waals surface area (Å²) in [4.78, 5) is 15.5. The van der Waals surface area contributed by atoms with Gasteiger partial charge in [-0.05, 0) is 24.6 Å². The standard InChI is InChI=1S/C14H13N3O/c1-11-4-2-5-12(8-11)9-16-17-14(18)13-6-3-7-15-10-13/h2-10H,1H3,(H,17,18)/b16-9-. The van der Waals surface area contributed by atoms with Gasteiger partial charge in [-0.2, -0.15) is 5.10 Å².